The highest BCUT2D eigenvalue weighted by atomic mass is 15.2. The van der Waals surface area contributed by atoms with Gasteiger partial charge in [0.1, 0.15) is 17.7 Å². The molecule has 1 aliphatic carbocycles. The van der Waals surface area contributed by atoms with Crippen molar-refractivity contribution < 1.29 is 0 Å². The van der Waals surface area contributed by atoms with Crippen LogP contribution in [0.4, 0.5) is 0 Å². The van der Waals surface area contributed by atoms with Crippen LogP contribution in [0.3, 0.4) is 0 Å². The lowest BCUT2D eigenvalue weighted by molar-refractivity contribution is 0.432. The summed E-state index contributed by atoms with van der Waals surface area (Å²) in [5, 5.41) is 9.79. The summed E-state index contributed by atoms with van der Waals surface area (Å²) < 4.78 is 0. The SMILES string of the molecule is CCNCC1=CC=C(C2=NC(C(NC)NC)=C(N)N(C)C2)CC1. The van der Waals surface area contributed by atoms with Crippen LogP contribution in [0.2, 0.25) is 0 Å². The van der Waals surface area contributed by atoms with Crippen LogP contribution in [-0.4, -0.2) is 57.6 Å². The van der Waals surface area contributed by atoms with Crippen molar-refractivity contribution in [1.82, 2.24) is 20.9 Å². The Balaban J connectivity index is 2.21. The van der Waals surface area contributed by atoms with E-state index in [9.17, 15) is 0 Å². The molecule has 0 spiro atoms. The van der Waals surface area contributed by atoms with Crippen LogP contribution in [0.5, 0.6) is 0 Å². The fourth-order valence-corrected chi connectivity index (χ4v) is 2.90. The van der Waals surface area contributed by atoms with Crippen molar-refractivity contribution in [2.45, 2.75) is 25.9 Å². The number of allylic oxidation sites excluding steroid dienone is 2. The molecule has 5 N–H and O–H groups in total. The van der Waals surface area contributed by atoms with Gasteiger partial charge in [0, 0.05) is 13.6 Å². The largest absolute Gasteiger partial charge is 0.384 e. The summed E-state index contributed by atoms with van der Waals surface area (Å²) in [7, 11) is 5.82. The predicted molar refractivity (Wildman–Crippen MR) is 97.1 cm³/mol. The van der Waals surface area contributed by atoms with Crippen molar-refractivity contribution >= 4 is 5.71 Å². The Bertz CT molecular complexity index is 539. The van der Waals surface area contributed by atoms with Gasteiger partial charge in [-0.3, -0.25) is 10.6 Å². The number of nitrogens with two attached hydrogens (primary N) is 1. The molecule has 0 atom stereocenters. The second kappa shape index (κ2) is 8.29. The summed E-state index contributed by atoms with van der Waals surface area (Å²) in [6.45, 7) is 4.88. The van der Waals surface area contributed by atoms with E-state index in [4.69, 9.17) is 10.7 Å². The van der Waals surface area contributed by atoms with Crippen molar-refractivity contribution in [3.63, 3.8) is 0 Å². The zero-order valence-electron chi connectivity index (χ0n) is 14.7. The molecule has 2 rings (SSSR count). The number of aliphatic imine (C=N–C) groups is 1. The number of hydrogen-bond acceptors (Lipinski definition) is 6. The van der Waals surface area contributed by atoms with Crippen LogP contribution in [0.15, 0.2) is 39.8 Å². The summed E-state index contributed by atoms with van der Waals surface area (Å²) >= 11 is 0. The first kappa shape index (κ1) is 17.7. The minimum absolute atomic E-state index is 0.0446. The van der Waals surface area contributed by atoms with Gasteiger partial charge in [-0.15, -0.1) is 0 Å². The van der Waals surface area contributed by atoms with Crippen LogP contribution < -0.4 is 21.7 Å². The average Bonchev–Trinajstić information content (AvgIpc) is 2.58. The quantitative estimate of drug-likeness (QED) is 0.515. The third-order valence-electron chi connectivity index (χ3n) is 4.38. The van der Waals surface area contributed by atoms with Gasteiger partial charge in [-0.05, 0) is 39.1 Å². The summed E-state index contributed by atoms with van der Waals surface area (Å²) in [4.78, 5) is 6.93. The first-order valence-corrected chi connectivity index (χ1v) is 8.33. The number of hydrogen-bond donors (Lipinski definition) is 4. The Labute approximate surface area is 139 Å². The zero-order chi connectivity index (χ0) is 16.8. The molecule has 0 amide bonds. The molecule has 23 heavy (non-hydrogen) atoms. The molecule has 0 bridgehead atoms. The minimum atomic E-state index is -0.0446. The monoisotopic (exact) mass is 318 g/mol. The lowest BCUT2D eigenvalue weighted by Gasteiger charge is -2.31. The first-order chi connectivity index (χ1) is 11.1. The number of nitrogens with zero attached hydrogens (tertiary/aromatic N) is 2. The molecule has 0 aromatic carbocycles. The molecule has 128 valence electrons. The Morgan fingerprint density at radius 2 is 2.00 bits per heavy atom. The molecule has 6 nitrogen and oxygen atoms in total. The summed E-state index contributed by atoms with van der Waals surface area (Å²) in [6.07, 6.45) is 6.55. The molecule has 6 heteroatoms. The average molecular weight is 318 g/mol. The molecule has 0 saturated carbocycles. The Kier molecular flexibility index (Phi) is 6.38. The van der Waals surface area contributed by atoms with Gasteiger partial charge in [-0.25, -0.2) is 4.99 Å². The van der Waals surface area contributed by atoms with E-state index in [2.05, 4.69) is 39.9 Å². The van der Waals surface area contributed by atoms with E-state index in [1.165, 1.54) is 11.1 Å². The highest BCUT2D eigenvalue weighted by Gasteiger charge is 2.24. The van der Waals surface area contributed by atoms with Crippen molar-refractivity contribution in [3.8, 4) is 0 Å². The normalized spacial score (nSPS) is 19.0. The van der Waals surface area contributed by atoms with E-state index >= 15 is 0 Å². The second-order valence-corrected chi connectivity index (χ2v) is 5.99. The topological polar surface area (TPSA) is 77.7 Å². The molecule has 1 aliphatic heterocycles. The van der Waals surface area contributed by atoms with Gasteiger partial charge in [-0.1, -0.05) is 24.6 Å². The van der Waals surface area contributed by atoms with Crippen LogP contribution in [-0.2, 0) is 0 Å². The summed E-state index contributed by atoms with van der Waals surface area (Å²) in [5.74, 6) is 0.724. The molecule has 1 heterocycles. The maximum Gasteiger partial charge on any atom is 0.124 e. The standard InChI is InChI=1S/C17H30N6/c1-5-21-10-12-6-8-13(9-7-12)14-11-23(4)16(18)15(22-14)17(19-2)20-3/h6,8,17,19-21H,5,7,9-11,18H2,1-4H3. The Hall–Kier alpha value is -1.63. The first-order valence-electron chi connectivity index (χ1n) is 8.33. The third kappa shape index (κ3) is 4.22. The van der Waals surface area contributed by atoms with Crippen molar-refractivity contribution in [2.24, 2.45) is 10.7 Å². The maximum atomic E-state index is 6.22. The Morgan fingerprint density at radius 3 is 2.57 bits per heavy atom. The van der Waals surface area contributed by atoms with Gasteiger partial charge in [0.2, 0.25) is 0 Å². The molecule has 0 saturated heterocycles. The molecule has 0 aromatic rings. The molecule has 0 unspecified atom stereocenters. The number of nitrogens with one attached hydrogen (secondary N) is 3. The molecule has 0 radical (unpaired) electrons. The van der Waals surface area contributed by atoms with E-state index in [-0.39, 0.29) is 6.17 Å². The van der Waals surface area contributed by atoms with Crippen LogP contribution in [0, 0.1) is 0 Å². The summed E-state index contributed by atoms with van der Waals surface area (Å²) in [6, 6.07) is 0. The predicted octanol–water partition coefficient (Wildman–Crippen LogP) is 0.522. The molecule has 2 aliphatic rings. The van der Waals surface area contributed by atoms with E-state index in [1.54, 1.807) is 0 Å². The Morgan fingerprint density at radius 1 is 1.26 bits per heavy atom. The van der Waals surface area contributed by atoms with Gasteiger partial charge in [-0.2, -0.15) is 0 Å². The van der Waals surface area contributed by atoms with Crippen molar-refractivity contribution in [3.05, 3.63) is 34.8 Å². The van der Waals surface area contributed by atoms with E-state index in [0.29, 0.717) is 0 Å². The molecule has 0 aromatic heterocycles. The zero-order valence-corrected chi connectivity index (χ0v) is 14.7. The fourth-order valence-electron chi connectivity index (χ4n) is 2.90. The lowest BCUT2D eigenvalue weighted by Crippen LogP contribution is -2.45. The van der Waals surface area contributed by atoms with Gasteiger partial charge < -0.3 is 16.0 Å². The van der Waals surface area contributed by atoms with Gasteiger partial charge in [0.15, 0.2) is 0 Å². The van der Waals surface area contributed by atoms with E-state index in [0.717, 1.165) is 49.7 Å². The third-order valence-corrected chi connectivity index (χ3v) is 4.38. The lowest BCUT2D eigenvalue weighted by atomic mass is 9.94. The minimum Gasteiger partial charge on any atom is -0.384 e. The number of likely N-dealkylation sites (N-methyl/N-ethyl adjacent to an activating group) is 3. The molecular formula is C17H30N6. The van der Waals surface area contributed by atoms with Crippen molar-refractivity contribution in [1.29, 1.82) is 0 Å². The van der Waals surface area contributed by atoms with Crippen LogP contribution in [0.25, 0.3) is 0 Å². The second-order valence-electron chi connectivity index (χ2n) is 5.99. The number of rotatable bonds is 7. The maximum absolute atomic E-state index is 6.22. The summed E-state index contributed by atoms with van der Waals surface area (Å²) in [5.41, 5.74) is 11.0. The van der Waals surface area contributed by atoms with E-state index in [1.807, 2.05) is 21.1 Å². The van der Waals surface area contributed by atoms with Crippen LogP contribution in [0.1, 0.15) is 19.8 Å². The van der Waals surface area contributed by atoms with E-state index < -0.39 is 0 Å². The van der Waals surface area contributed by atoms with Crippen molar-refractivity contribution in [2.75, 3.05) is 40.8 Å². The smallest absolute Gasteiger partial charge is 0.124 e. The van der Waals surface area contributed by atoms with Gasteiger partial charge >= 0.3 is 0 Å². The molecular weight excluding hydrogens is 288 g/mol. The van der Waals surface area contributed by atoms with Gasteiger partial charge in [0.25, 0.3) is 0 Å². The highest BCUT2D eigenvalue weighted by Crippen LogP contribution is 2.24. The van der Waals surface area contributed by atoms with Gasteiger partial charge in [0.05, 0.1) is 12.3 Å². The van der Waals surface area contributed by atoms with Crippen LogP contribution >= 0.6 is 0 Å². The highest BCUT2D eigenvalue weighted by molar-refractivity contribution is 6.03. The fraction of sp³-hybridized carbons (Fsp3) is 0.588. The molecule has 0 fully saturated rings.